The second kappa shape index (κ2) is 12.3. The van der Waals surface area contributed by atoms with Crippen LogP contribution < -0.4 is 14.8 Å². The molecule has 0 atom stereocenters. The van der Waals surface area contributed by atoms with E-state index in [1.807, 2.05) is 55.1 Å². The van der Waals surface area contributed by atoms with Gasteiger partial charge in [0.05, 0.1) is 20.8 Å². The van der Waals surface area contributed by atoms with Gasteiger partial charge in [0.15, 0.2) is 11.5 Å². The zero-order valence-corrected chi connectivity index (χ0v) is 23.7. The van der Waals surface area contributed by atoms with Crippen LogP contribution in [-0.2, 0) is 17.8 Å². The molecule has 1 saturated carbocycles. The first-order valence-electron chi connectivity index (χ1n) is 13.0. The molecule has 2 aromatic carbocycles. The van der Waals surface area contributed by atoms with Crippen molar-refractivity contribution in [3.05, 3.63) is 75.0 Å². The summed E-state index contributed by atoms with van der Waals surface area (Å²) in [6.45, 7) is 7.13. The van der Waals surface area contributed by atoms with E-state index in [1.54, 1.807) is 30.5 Å². The monoisotopic (exact) mass is 535 g/mol. The van der Waals surface area contributed by atoms with Gasteiger partial charge >= 0.3 is 6.03 Å². The summed E-state index contributed by atoms with van der Waals surface area (Å²) in [6, 6.07) is 15.8. The van der Waals surface area contributed by atoms with Crippen molar-refractivity contribution in [2.45, 2.75) is 52.6 Å². The molecule has 0 aliphatic heterocycles. The molecular weight excluding hydrogens is 498 g/mol. The molecule has 8 heteroatoms. The SMILES string of the molecule is COc1ccc(CCN(Cc2ccc(C)s2)C(=O)CN(C(=O)Nc2c(C)cccc2C)C2CC2)cc1OC. The molecule has 0 spiro atoms. The van der Waals surface area contributed by atoms with E-state index in [2.05, 4.69) is 24.4 Å². The molecule has 7 nitrogen and oxygen atoms in total. The van der Waals surface area contributed by atoms with Crippen molar-refractivity contribution in [3.8, 4) is 11.5 Å². The van der Waals surface area contributed by atoms with Crippen LogP contribution in [0.1, 0.15) is 39.3 Å². The van der Waals surface area contributed by atoms with E-state index < -0.39 is 0 Å². The minimum Gasteiger partial charge on any atom is -0.493 e. The molecule has 38 heavy (non-hydrogen) atoms. The summed E-state index contributed by atoms with van der Waals surface area (Å²) in [5.74, 6) is 1.29. The van der Waals surface area contributed by atoms with Gasteiger partial charge in [-0.05, 0) is 81.0 Å². The van der Waals surface area contributed by atoms with E-state index in [4.69, 9.17) is 9.47 Å². The van der Waals surface area contributed by atoms with Crippen LogP contribution >= 0.6 is 11.3 Å². The fourth-order valence-corrected chi connectivity index (χ4v) is 5.45. The lowest BCUT2D eigenvalue weighted by Crippen LogP contribution is -2.46. The van der Waals surface area contributed by atoms with Crippen LogP contribution in [-0.4, -0.2) is 55.1 Å². The van der Waals surface area contributed by atoms with Crippen LogP contribution in [0.2, 0.25) is 0 Å². The van der Waals surface area contributed by atoms with Gasteiger partial charge in [-0.15, -0.1) is 11.3 Å². The summed E-state index contributed by atoms with van der Waals surface area (Å²) in [7, 11) is 3.23. The lowest BCUT2D eigenvalue weighted by molar-refractivity contribution is -0.132. The average molecular weight is 536 g/mol. The number of carbonyl (C=O) groups excluding carboxylic acids is 2. The Morgan fingerprint density at radius 3 is 2.29 bits per heavy atom. The molecule has 0 saturated heterocycles. The summed E-state index contributed by atoms with van der Waals surface area (Å²) in [4.78, 5) is 33.0. The number of hydrogen-bond acceptors (Lipinski definition) is 5. The molecule has 1 aliphatic carbocycles. The second-order valence-electron chi connectivity index (χ2n) is 9.82. The second-order valence-corrected chi connectivity index (χ2v) is 11.2. The van der Waals surface area contributed by atoms with Gasteiger partial charge in [0.2, 0.25) is 5.91 Å². The maximum Gasteiger partial charge on any atom is 0.322 e. The zero-order valence-electron chi connectivity index (χ0n) is 22.9. The minimum atomic E-state index is -0.218. The Morgan fingerprint density at radius 1 is 0.974 bits per heavy atom. The standard InChI is InChI=1S/C30H37N3O4S/c1-20-7-6-8-21(2)29(20)31-30(35)33(24-11-12-24)19-28(34)32(18-25-13-9-22(3)38-25)16-15-23-10-14-26(36-4)27(17-23)37-5/h6-10,13-14,17,24H,11-12,15-16,18-19H2,1-5H3,(H,31,35). The van der Waals surface area contributed by atoms with Gasteiger partial charge in [0, 0.05) is 28.0 Å². The first kappa shape index (κ1) is 27.5. The number of nitrogens with one attached hydrogen (secondary N) is 1. The number of ether oxygens (including phenoxy) is 2. The topological polar surface area (TPSA) is 71.1 Å². The highest BCUT2D eigenvalue weighted by atomic mass is 32.1. The third-order valence-electron chi connectivity index (χ3n) is 6.88. The normalized spacial score (nSPS) is 12.7. The molecule has 3 aromatic rings. The fraction of sp³-hybridized carbons (Fsp3) is 0.400. The van der Waals surface area contributed by atoms with Gasteiger partial charge in [0.1, 0.15) is 6.54 Å². The number of carbonyl (C=O) groups is 2. The summed E-state index contributed by atoms with van der Waals surface area (Å²) >= 11 is 1.69. The van der Waals surface area contributed by atoms with E-state index in [0.29, 0.717) is 31.0 Å². The number of methoxy groups -OCH3 is 2. The third-order valence-corrected chi connectivity index (χ3v) is 7.87. The Morgan fingerprint density at radius 2 is 1.68 bits per heavy atom. The molecule has 1 heterocycles. The van der Waals surface area contributed by atoms with Crippen molar-refractivity contribution in [1.29, 1.82) is 0 Å². The van der Waals surface area contributed by atoms with Crippen LogP contribution in [0.15, 0.2) is 48.5 Å². The Bertz CT molecular complexity index is 1260. The van der Waals surface area contributed by atoms with E-state index >= 15 is 0 Å². The number of benzene rings is 2. The maximum absolute atomic E-state index is 13.7. The number of hydrogen-bond donors (Lipinski definition) is 1. The van der Waals surface area contributed by atoms with Gasteiger partial charge in [-0.1, -0.05) is 24.3 Å². The summed E-state index contributed by atoms with van der Waals surface area (Å²) in [6.07, 6.45) is 2.50. The number of amides is 3. The highest BCUT2D eigenvalue weighted by Gasteiger charge is 2.35. The van der Waals surface area contributed by atoms with Crippen LogP contribution in [0.25, 0.3) is 0 Å². The number of rotatable bonds is 11. The Labute approximate surface area is 229 Å². The van der Waals surface area contributed by atoms with Gasteiger partial charge in [-0.25, -0.2) is 4.79 Å². The van der Waals surface area contributed by atoms with Crippen molar-refractivity contribution in [2.75, 3.05) is 32.6 Å². The predicted molar refractivity (Wildman–Crippen MR) is 152 cm³/mol. The average Bonchev–Trinajstić information content (AvgIpc) is 3.67. The van der Waals surface area contributed by atoms with Crippen molar-refractivity contribution in [2.24, 2.45) is 0 Å². The molecule has 0 bridgehead atoms. The minimum absolute atomic E-state index is 0.0533. The Balaban J connectivity index is 1.49. The van der Waals surface area contributed by atoms with E-state index in [1.165, 1.54) is 4.88 Å². The zero-order chi connectivity index (χ0) is 27.2. The highest BCUT2D eigenvalue weighted by Crippen LogP contribution is 2.30. The molecule has 202 valence electrons. The number of urea groups is 1. The van der Waals surface area contributed by atoms with E-state index in [9.17, 15) is 9.59 Å². The molecule has 1 aliphatic rings. The largest absolute Gasteiger partial charge is 0.493 e. The molecule has 0 radical (unpaired) electrons. The van der Waals surface area contributed by atoms with Gasteiger partial charge in [-0.3, -0.25) is 4.79 Å². The molecule has 1 aromatic heterocycles. The molecular formula is C30H37N3O4S. The van der Waals surface area contributed by atoms with E-state index in [0.717, 1.165) is 40.1 Å². The molecule has 3 amide bonds. The number of para-hydroxylation sites is 1. The number of thiophene rings is 1. The molecule has 1 N–H and O–H groups in total. The van der Waals surface area contributed by atoms with Crippen LogP contribution in [0, 0.1) is 20.8 Å². The van der Waals surface area contributed by atoms with Crippen molar-refractivity contribution >= 4 is 29.0 Å². The third kappa shape index (κ3) is 6.86. The Hall–Kier alpha value is -3.52. The number of anilines is 1. The summed E-state index contributed by atoms with van der Waals surface area (Å²) in [5.41, 5.74) is 3.87. The van der Waals surface area contributed by atoms with Crippen molar-refractivity contribution in [3.63, 3.8) is 0 Å². The first-order valence-corrected chi connectivity index (χ1v) is 13.8. The lowest BCUT2D eigenvalue weighted by Gasteiger charge is -2.28. The quantitative estimate of drug-likeness (QED) is 0.329. The number of nitrogens with zero attached hydrogens (tertiary/aromatic N) is 2. The number of aryl methyl sites for hydroxylation is 3. The lowest BCUT2D eigenvalue weighted by atomic mass is 10.1. The summed E-state index contributed by atoms with van der Waals surface area (Å²) in [5, 5.41) is 3.07. The van der Waals surface area contributed by atoms with Crippen LogP contribution in [0.5, 0.6) is 11.5 Å². The predicted octanol–water partition coefficient (Wildman–Crippen LogP) is 5.96. The fourth-order valence-electron chi connectivity index (χ4n) is 4.54. The smallest absolute Gasteiger partial charge is 0.322 e. The molecule has 1 fully saturated rings. The van der Waals surface area contributed by atoms with E-state index in [-0.39, 0.29) is 24.5 Å². The van der Waals surface area contributed by atoms with Crippen LogP contribution in [0.3, 0.4) is 0 Å². The maximum atomic E-state index is 13.7. The van der Waals surface area contributed by atoms with Crippen molar-refractivity contribution in [1.82, 2.24) is 9.80 Å². The van der Waals surface area contributed by atoms with Gasteiger partial charge in [-0.2, -0.15) is 0 Å². The van der Waals surface area contributed by atoms with Crippen molar-refractivity contribution < 1.29 is 19.1 Å². The van der Waals surface area contributed by atoms with Gasteiger partial charge in [0.25, 0.3) is 0 Å². The highest BCUT2D eigenvalue weighted by molar-refractivity contribution is 7.11. The van der Waals surface area contributed by atoms with Crippen LogP contribution in [0.4, 0.5) is 10.5 Å². The molecule has 0 unspecified atom stereocenters. The molecule has 4 rings (SSSR count). The summed E-state index contributed by atoms with van der Waals surface area (Å²) < 4.78 is 10.8. The van der Waals surface area contributed by atoms with Gasteiger partial charge < -0.3 is 24.6 Å². The Kier molecular flexibility index (Phi) is 8.94. The first-order chi connectivity index (χ1) is 18.3.